The average molecular weight is 378 g/mol. The molecule has 0 aliphatic carbocycles. The van der Waals surface area contributed by atoms with Gasteiger partial charge >= 0.3 is 0 Å². The van der Waals surface area contributed by atoms with E-state index in [0.29, 0.717) is 23.5 Å². The van der Waals surface area contributed by atoms with E-state index >= 15 is 0 Å². The molecule has 2 rings (SSSR count). The lowest BCUT2D eigenvalue weighted by Crippen LogP contribution is -2.28. The Labute approximate surface area is 150 Å². The van der Waals surface area contributed by atoms with Gasteiger partial charge in [0, 0.05) is 30.4 Å². The molecule has 0 aromatic heterocycles. The summed E-state index contributed by atoms with van der Waals surface area (Å²) in [6.07, 6.45) is 1.04. The lowest BCUT2D eigenvalue weighted by molar-refractivity contribution is -0.384. The largest absolute Gasteiger partial charge is 0.378 e. The van der Waals surface area contributed by atoms with Gasteiger partial charge in [-0.2, -0.15) is 0 Å². The first-order valence-electron chi connectivity index (χ1n) is 7.59. The van der Waals surface area contributed by atoms with Crippen molar-refractivity contribution in [1.82, 2.24) is 5.32 Å². The Morgan fingerprint density at radius 3 is 2.35 bits per heavy atom. The third-order valence-electron chi connectivity index (χ3n) is 3.28. The van der Waals surface area contributed by atoms with Crippen molar-refractivity contribution in [1.29, 1.82) is 0 Å². The predicted molar refractivity (Wildman–Crippen MR) is 98.8 cm³/mol. The molecule has 0 radical (unpaired) electrons. The highest BCUT2D eigenvalue weighted by atomic mass is 32.2. The van der Waals surface area contributed by atoms with Crippen molar-refractivity contribution in [2.75, 3.05) is 29.4 Å². The van der Waals surface area contributed by atoms with Crippen molar-refractivity contribution in [3.63, 3.8) is 0 Å². The van der Waals surface area contributed by atoms with E-state index in [9.17, 15) is 23.3 Å². The smallest absolute Gasteiger partial charge is 0.292 e. The van der Waals surface area contributed by atoms with E-state index in [1.807, 2.05) is 0 Å². The number of anilines is 2. The molecule has 0 bridgehead atoms. The van der Waals surface area contributed by atoms with Gasteiger partial charge in [0.05, 0.1) is 11.2 Å². The van der Waals surface area contributed by atoms with Crippen LogP contribution in [0.1, 0.15) is 10.4 Å². The van der Waals surface area contributed by atoms with E-state index in [1.54, 1.807) is 18.2 Å². The molecule has 138 valence electrons. The van der Waals surface area contributed by atoms with E-state index in [4.69, 9.17) is 0 Å². The summed E-state index contributed by atoms with van der Waals surface area (Å²) in [6.45, 7) is 0.568. The molecule has 0 unspecified atom stereocenters. The van der Waals surface area contributed by atoms with E-state index < -0.39 is 14.9 Å². The highest BCUT2D eigenvalue weighted by molar-refractivity contribution is 7.92. The van der Waals surface area contributed by atoms with Crippen LogP contribution < -0.4 is 15.4 Å². The fourth-order valence-electron chi connectivity index (χ4n) is 2.16. The van der Waals surface area contributed by atoms with E-state index in [2.05, 4.69) is 15.4 Å². The molecule has 0 atom stereocenters. The monoisotopic (exact) mass is 378 g/mol. The van der Waals surface area contributed by atoms with Crippen LogP contribution in [-0.4, -0.2) is 38.6 Å². The zero-order chi connectivity index (χ0) is 19.2. The first-order chi connectivity index (χ1) is 12.3. The van der Waals surface area contributed by atoms with Crippen LogP contribution >= 0.6 is 0 Å². The van der Waals surface area contributed by atoms with Crippen molar-refractivity contribution in [3.8, 4) is 0 Å². The van der Waals surface area contributed by atoms with Crippen molar-refractivity contribution >= 4 is 33.0 Å². The summed E-state index contributed by atoms with van der Waals surface area (Å²) in [5.41, 5.74) is 1.08. The maximum absolute atomic E-state index is 12.0. The van der Waals surface area contributed by atoms with Gasteiger partial charge in [-0.25, -0.2) is 8.42 Å². The lowest BCUT2D eigenvalue weighted by atomic mass is 10.2. The molecule has 26 heavy (non-hydrogen) atoms. The fraction of sp³-hybridized carbons (Fsp3) is 0.188. The summed E-state index contributed by atoms with van der Waals surface area (Å²) in [5, 5.41) is 16.5. The normalized spacial score (nSPS) is 10.8. The van der Waals surface area contributed by atoms with Crippen molar-refractivity contribution in [3.05, 3.63) is 64.2 Å². The Hall–Kier alpha value is -3.14. The number of para-hydroxylation sites is 2. The lowest BCUT2D eigenvalue weighted by Gasteiger charge is -2.09. The second kappa shape index (κ2) is 8.30. The third-order valence-corrected chi connectivity index (χ3v) is 3.88. The van der Waals surface area contributed by atoms with Crippen molar-refractivity contribution in [2.24, 2.45) is 0 Å². The molecular formula is C16H18N4O5S. The molecule has 9 nitrogen and oxygen atoms in total. The minimum Gasteiger partial charge on any atom is -0.378 e. The Morgan fingerprint density at radius 2 is 1.73 bits per heavy atom. The van der Waals surface area contributed by atoms with Gasteiger partial charge in [0.1, 0.15) is 5.69 Å². The summed E-state index contributed by atoms with van der Waals surface area (Å²) in [7, 11) is -3.37. The zero-order valence-corrected chi connectivity index (χ0v) is 14.7. The molecule has 1 amide bonds. The number of nitrogens with one attached hydrogen (secondary N) is 3. The topological polar surface area (TPSA) is 130 Å². The van der Waals surface area contributed by atoms with Gasteiger partial charge < -0.3 is 10.6 Å². The maximum Gasteiger partial charge on any atom is 0.292 e. The summed E-state index contributed by atoms with van der Waals surface area (Å²) in [5.74, 6) is -0.333. The summed E-state index contributed by atoms with van der Waals surface area (Å²) in [6, 6.07) is 12.2. The van der Waals surface area contributed by atoms with Crippen LogP contribution in [0.2, 0.25) is 0 Å². The second-order valence-corrected chi connectivity index (χ2v) is 7.16. The molecule has 0 aliphatic heterocycles. The molecule has 3 N–H and O–H groups in total. The highest BCUT2D eigenvalue weighted by Gasteiger charge is 2.11. The molecule has 0 spiro atoms. The Balaban J connectivity index is 1.85. The number of rotatable bonds is 8. The molecule has 10 heteroatoms. The number of benzene rings is 2. The molecule has 0 fully saturated rings. The van der Waals surface area contributed by atoms with Gasteiger partial charge in [-0.15, -0.1) is 0 Å². The third kappa shape index (κ3) is 5.74. The van der Waals surface area contributed by atoms with Crippen LogP contribution in [0.25, 0.3) is 0 Å². The Morgan fingerprint density at radius 1 is 1.08 bits per heavy atom. The van der Waals surface area contributed by atoms with Gasteiger partial charge in [0.25, 0.3) is 11.6 Å². The SMILES string of the molecule is CS(=O)(=O)Nc1ccc(C(=O)NCCNc2ccccc2[N+](=O)[O-])cc1. The van der Waals surface area contributed by atoms with Crippen LogP contribution in [0.3, 0.4) is 0 Å². The molecular weight excluding hydrogens is 360 g/mol. The number of nitro benzene ring substituents is 1. The van der Waals surface area contributed by atoms with Gasteiger partial charge in [0.15, 0.2) is 0 Å². The van der Waals surface area contributed by atoms with Gasteiger partial charge in [-0.3, -0.25) is 19.6 Å². The van der Waals surface area contributed by atoms with E-state index in [1.165, 1.54) is 30.3 Å². The Bertz CT molecular complexity index is 897. The summed E-state index contributed by atoms with van der Waals surface area (Å²) >= 11 is 0. The number of nitro groups is 1. The first-order valence-corrected chi connectivity index (χ1v) is 9.49. The van der Waals surface area contributed by atoms with Gasteiger partial charge in [0.2, 0.25) is 10.0 Å². The molecule has 0 heterocycles. The van der Waals surface area contributed by atoms with E-state index in [0.717, 1.165) is 6.26 Å². The Kier molecular flexibility index (Phi) is 6.12. The standard InChI is InChI=1S/C16H18N4O5S/c1-26(24,25)19-13-8-6-12(7-9-13)16(21)18-11-10-17-14-4-2-3-5-15(14)20(22)23/h2-9,17,19H,10-11H2,1H3,(H,18,21). The highest BCUT2D eigenvalue weighted by Crippen LogP contribution is 2.22. The quantitative estimate of drug-likeness (QED) is 0.365. The fourth-order valence-corrected chi connectivity index (χ4v) is 2.73. The van der Waals surface area contributed by atoms with Gasteiger partial charge in [-0.05, 0) is 30.3 Å². The minimum absolute atomic E-state index is 0.0345. The molecule has 0 saturated carbocycles. The summed E-state index contributed by atoms with van der Waals surface area (Å²) < 4.78 is 24.6. The average Bonchev–Trinajstić information content (AvgIpc) is 2.58. The number of sulfonamides is 1. The van der Waals surface area contributed by atoms with Crippen molar-refractivity contribution in [2.45, 2.75) is 0 Å². The predicted octanol–water partition coefficient (Wildman–Crippen LogP) is 1.81. The molecule has 0 aliphatic rings. The molecule has 2 aromatic carbocycles. The van der Waals surface area contributed by atoms with Crippen LogP contribution in [0.4, 0.5) is 17.1 Å². The van der Waals surface area contributed by atoms with Crippen LogP contribution in [-0.2, 0) is 10.0 Å². The summed E-state index contributed by atoms with van der Waals surface area (Å²) in [4.78, 5) is 22.5. The number of nitrogens with zero attached hydrogens (tertiary/aromatic N) is 1. The number of amides is 1. The van der Waals surface area contributed by atoms with Crippen LogP contribution in [0, 0.1) is 10.1 Å². The number of carbonyl (C=O) groups is 1. The second-order valence-electron chi connectivity index (χ2n) is 5.41. The first kappa shape index (κ1) is 19.2. The minimum atomic E-state index is -3.37. The number of hydrogen-bond acceptors (Lipinski definition) is 6. The number of carbonyl (C=O) groups excluding carboxylic acids is 1. The zero-order valence-electron chi connectivity index (χ0n) is 13.9. The molecule has 0 saturated heterocycles. The van der Waals surface area contributed by atoms with E-state index in [-0.39, 0.29) is 18.1 Å². The van der Waals surface area contributed by atoms with Crippen LogP contribution in [0.15, 0.2) is 48.5 Å². The van der Waals surface area contributed by atoms with Gasteiger partial charge in [-0.1, -0.05) is 12.1 Å². The van der Waals surface area contributed by atoms with Crippen LogP contribution in [0.5, 0.6) is 0 Å². The maximum atomic E-state index is 12.0. The van der Waals surface area contributed by atoms with Crippen molar-refractivity contribution < 1.29 is 18.1 Å². The number of hydrogen-bond donors (Lipinski definition) is 3. The molecule has 2 aromatic rings.